The minimum Gasteiger partial charge on any atom is -0.380 e. The molecule has 0 aliphatic heterocycles. The van der Waals surface area contributed by atoms with Gasteiger partial charge in [0, 0.05) is 7.11 Å². The fraction of sp³-hybridized carbons (Fsp3) is 0.714. The van der Waals surface area contributed by atoms with Gasteiger partial charge in [0.2, 0.25) is 0 Å². The summed E-state index contributed by atoms with van der Waals surface area (Å²) < 4.78 is 4.91. The van der Waals surface area contributed by atoms with Gasteiger partial charge in [-0.15, -0.1) is 0 Å². The highest BCUT2D eigenvalue weighted by atomic mass is 16.5. The van der Waals surface area contributed by atoms with E-state index in [9.17, 15) is 0 Å². The van der Waals surface area contributed by atoms with Crippen molar-refractivity contribution in [2.24, 2.45) is 5.92 Å². The quantitative estimate of drug-likeness (QED) is 0.504. The molecule has 0 aromatic heterocycles. The third-order valence-electron chi connectivity index (χ3n) is 1.48. The Morgan fingerprint density at radius 3 is 2.75 bits per heavy atom. The third-order valence-corrected chi connectivity index (χ3v) is 1.48. The van der Waals surface area contributed by atoms with E-state index < -0.39 is 0 Å². The van der Waals surface area contributed by atoms with Crippen LogP contribution in [-0.4, -0.2) is 13.7 Å². The highest BCUT2D eigenvalue weighted by Crippen LogP contribution is 2.35. The number of methoxy groups -OCH3 is 1. The van der Waals surface area contributed by atoms with Gasteiger partial charge in [-0.3, -0.25) is 0 Å². The summed E-state index contributed by atoms with van der Waals surface area (Å²) in [7, 11) is 1.72. The van der Waals surface area contributed by atoms with Gasteiger partial charge in [-0.1, -0.05) is 6.58 Å². The molecule has 8 heavy (non-hydrogen) atoms. The second-order valence-corrected chi connectivity index (χ2v) is 2.37. The summed E-state index contributed by atoms with van der Waals surface area (Å²) in [5, 5.41) is 0. The van der Waals surface area contributed by atoms with Crippen LogP contribution in [-0.2, 0) is 4.74 Å². The van der Waals surface area contributed by atoms with Crippen LogP contribution in [0.2, 0.25) is 0 Å². The molecule has 0 atom stereocenters. The van der Waals surface area contributed by atoms with Crippen LogP contribution in [0, 0.1) is 5.92 Å². The van der Waals surface area contributed by atoms with Gasteiger partial charge in [0.25, 0.3) is 0 Å². The SMILES string of the molecule is C=C(COC)C1CC1. The van der Waals surface area contributed by atoms with Crippen LogP contribution >= 0.6 is 0 Å². The van der Waals surface area contributed by atoms with Gasteiger partial charge in [-0.2, -0.15) is 0 Å². The first kappa shape index (κ1) is 5.83. The zero-order valence-electron chi connectivity index (χ0n) is 5.31. The summed E-state index contributed by atoms with van der Waals surface area (Å²) in [6.45, 7) is 4.64. The van der Waals surface area contributed by atoms with E-state index in [2.05, 4.69) is 6.58 Å². The van der Waals surface area contributed by atoms with E-state index >= 15 is 0 Å². The zero-order valence-corrected chi connectivity index (χ0v) is 5.31. The van der Waals surface area contributed by atoms with Crippen molar-refractivity contribution in [1.29, 1.82) is 0 Å². The summed E-state index contributed by atoms with van der Waals surface area (Å²) in [6.07, 6.45) is 2.67. The smallest absolute Gasteiger partial charge is 0.0673 e. The van der Waals surface area contributed by atoms with Gasteiger partial charge in [0.15, 0.2) is 0 Å². The molecule has 0 saturated heterocycles. The molecule has 0 amide bonds. The lowest BCUT2D eigenvalue weighted by atomic mass is 10.2. The average molecular weight is 112 g/mol. The van der Waals surface area contributed by atoms with Gasteiger partial charge >= 0.3 is 0 Å². The molecule has 1 nitrogen and oxygen atoms in total. The molecule has 1 heteroatoms. The monoisotopic (exact) mass is 112 g/mol. The van der Waals surface area contributed by atoms with Crippen LogP contribution in [0.4, 0.5) is 0 Å². The molecular formula is C7H12O. The first-order valence-corrected chi connectivity index (χ1v) is 3.01. The maximum atomic E-state index is 4.91. The Labute approximate surface area is 50.3 Å². The standard InChI is InChI=1S/C7H12O/c1-6(5-8-2)7-3-4-7/h7H,1,3-5H2,2H3. The van der Waals surface area contributed by atoms with Gasteiger partial charge < -0.3 is 4.74 Å². The lowest BCUT2D eigenvalue weighted by Crippen LogP contribution is -1.93. The molecule has 1 saturated carbocycles. The molecule has 0 aromatic carbocycles. The van der Waals surface area contributed by atoms with Crippen molar-refractivity contribution in [3.63, 3.8) is 0 Å². The molecule has 0 heterocycles. The Balaban J connectivity index is 2.13. The number of rotatable bonds is 3. The molecule has 0 spiro atoms. The second kappa shape index (κ2) is 2.31. The number of ether oxygens (including phenoxy) is 1. The van der Waals surface area contributed by atoms with E-state index in [4.69, 9.17) is 4.74 Å². The first-order chi connectivity index (χ1) is 3.84. The highest BCUT2D eigenvalue weighted by Gasteiger charge is 2.23. The molecule has 0 radical (unpaired) electrons. The Morgan fingerprint density at radius 2 is 2.38 bits per heavy atom. The van der Waals surface area contributed by atoms with Gasteiger partial charge in [-0.25, -0.2) is 0 Å². The van der Waals surface area contributed by atoms with Crippen LogP contribution in [0.15, 0.2) is 12.2 Å². The molecule has 1 aliphatic rings. The van der Waals surface area contributed by atoms with Gasteiger partial charge in [0.1, 0.15) is 0 Å². The maximum Gasteiger partial charge on any atom is 0.0673 e. The predicted octanol–water partition coefficient (Wildman–Crippen LogP) is 1.60. The fourth-order valence-corrected chi connectivity index (χ4v) is 0.795. The number of hydrogen-bond acceptors (Lipinski definition) is 1. The molecule has 1 aliphatic carbocycles. The highest BCUT2D eigenvalue weighted by molar-refractivity contribution is 5.07. The summed E-state index contributed by atoms with van der Waals surface area (Å²) in [4.78, 5) is 0. The van der Waals surface area contributed by atoms with Crippen LogP contribution < -0.4 is 0 Å². The Morgan fingerprint density at radius 1 is 1.75 bits per heavy atom. The van der Waals surface area contributed by atoms with Crippen molar-refractivity contribution in [3.8, 4) is 0 Å². The zero-order chi connectivity index (χ0) is 5.98. The Hall–Kier alpha value is -0.300. The predicted molar refractivity (Wildman–Crippen MR) is 33.7 cm³/mol. The summed E-state index contributed by atoms with van der Waals surface area (Å²) in [6, 6.07) is 0. The lowest BCUT2D eigenvalue weighted by Gasteiger charge is -1.98. The fourth-order valence-electron chi connectivity index (χ4n) is 0.795. The number of hydrogen-bond donors (Lipinski definition) is 0. The van der Waals surface area contributed by atoms with Crippen molar-refractivity contribution in [3.05, 3.63) is 12.2 Å². The van der Waals surface area contributed by atoms with Crippen LogP contribution in [0.25, 0.3) is 0 Å². The lowest BCUT2D eigenvalue weighted by molar-refractivity contribution is 0.222. The second-order valence-electron chi connectivity index (χ2n) is 2.37. The van der Waals surface area contributed by atoms with Crippen molar-refractivity contribution in [1.82, 2.24) is 0 Å². The molecule has 0 aromatic rings. The maximum absolute atomic E-state index is 4.91. The third kappa shape index (κ3) is 1.34. The van der Waals surface area contributed by atoms with E-state index in [0.717, 1.165) is 12.5 Å². The minimum absolute atomic E-state index is 0.755. The topological polar surface area (TPSA) is 9.23 Å². The van der Waals surface area contributed by atoms with Crippen molar-refractivity contribution < 1.29 is 4.74 Å². The largest absolute Gasteiger partial charge is 0.380 e. The van der Waals surface area contributed by atoms with E-state index in [1.165, 1.54) is 18.4 Å². The van der Waals surface area contributed by atoms with Crippen molar-refractivity contribution in [2.45, 2.75) is 12.8 Å². The normalized spacial score (nSPS) is 18.6. The summed E-state index contributed by atoms with van der Waals surface area (Å²) >= 11 is 0. The molecular weight excluding hydrogens is 100 g/mol. The van der Waals surface area contributed by atoms with Crippen LogP contribution in [0.3, 0.4) is 0 Å². The van der Waals surface area contributed by atoms with Crippen LogP contribution in [0.1, 0.15) is 12.8 Å². The van der Waals surface area contributed by atoms with E-state index in [1.807, 2.05) is 0 Å². The minimum atomic E-state index is 0.755. The van der Waals surface area contributed by atoms with Gasteiger partial charge in [-0.05, 0) is 24.3 Å². The van der Waals surface area contributed by atoms with Crippen molar-refractivity contribution in [2.75, 3.05) is 13.7 Å². The first-order valence-electron chi connectivity index (χ1n) is 3.01. The van der Waals surface area contributed by atoms with E-state index in [0.29, 0.717) is 0 Å². The Kier molecular flexibility index (Phi) is 1.69. The van der Waals surface area contributed by atoms with E-state index in [1.54, 1.807) is 7.11 Å². The molecule has 46 valence electrons. The Bertz CT molecular complexity index is 92.6. The van der Waals surface area contributed by atoms with E-state index in [-0.39, 0.29) is 0 Å². The van der Waals surface area contributed by atoms with Crippen LogP contribution in [0.5, 0.6) is 0 Å². The van der Waals surface area contributed by atoms with Crippen molar-refractivity contribution >= 4 is 0 Å². The molecule has 0 bridgehead atoms. The summed E-state index contributed by atoms with van der Waals surface area (Å²) in [5.41, 5.74) is 1.27. The summed E-state index contributed by atoms with van der Waals surface area (Å²) in [5.74, 6) is 0.801. The molecule has 0 N–H and O–H groups in total. The molecule has 1 fully saturated rings. The van der Waals surface area contributed by atoms with Gasteiger partial charge in [0.05, 0.1) is 6.61 Å². The average Bonchev–Trinajstić information content (AvgIpc) is 2.45. The molecule has 0 unspecified atom stereocenters. The molecule has 1 rings (SSSR count).